The molecule has 0 amide bonds. The van der Waals surface area contributed by atoms with Gasteiger partial charge in [0, 0.05) is 19.3 Å². The Morgan fingerprint density at radius 3 is 1.12 bits per heavy atom. The zero-order valence-electron chi connectivity index (χ0n) is 39.2. The van der Waals surface area contributed by atoms with Crippen molar-refractivity contribution in [1.82, 2.24) is 0 Å². The predicted octanol–water partition coefficient (Wildman–Crippen LogP) is 16.3. The second-order valence-corrected chi connectivity index (χ2v) is 16.3. The van der Waals surface area contributed by atoms with Crippen LogP contribution in [-0.4, -0.2) is 37.2 Å². The van der Waals surface area contributed by atoms with E-state index in [1.54, 1.807) is 0 Å². The first kappa shape index (κ1) is 56.9. The van der Waals surface area contributed by atoms with E-state index >= 15 is 0 Å². The van der Waals surface area contributed by atoms with Crippen LogP contribution in [0, 0.1) is 0 Å². The van der Waals surface area contributed by atoms with Gasteiger partial charge in [0.2, 0.25) is 0 Å². The van der Waals surface area contributed by atoms with Crippen LogP contribution in [0.5, 0.6) is 0 Å². The third-order valence-electron chi connectivity index (χ3n) is 10.4. The molecule has 0 bridgehead atoms. The Balaban J connectivity index is 4.44. The lowest BCUT2D eigenvalue weighted by atomic mass is 10.1. The summed E-state index contributed by atoms with van der Waals surface area (Å²) < 4.78 is 16.7. The summed E-state index contributed by atoms with van der Waals surface area (Å²) in [6, 6.07) is 0. The first-order valence-corrected chi connectivity index (χ1v) is 24.9. The SMILES string of the molecule is CC/C=C\C/C=C\C/C=C\CCCCCC(=O)OC(COC(=O)CCCCCCC/C=C\C/C=C\CCC)COC(=O)CCCCCCC/C=C\CCCCCCCCC. The number of carbonyl (C=O) groups is 3. The van der Waals surface area contributed by atoms with Gasteiger partial charge in [0.25, 0.3) is 0 Å². The van der Waals surface area contributed by atoms with Crippen molar-refractivity contribution in [2.75, 3.05) is 13.2 Å². The third kappa shape index (κ3) is 45.9. The molecule has 0 aromatic rings. The van der Waals surface area contributed by atoms with Crippen LogP contribution in [0.2, 0.25) is 0 Å². The molecule has 344 valence electrons. The first-order valence-electron chi connectivity index (χ1n) is 24.9. The highest BCUT2D eigenvalue weighted by atomic mass is 16.6. The van der Waals surface area contributed by atoms with Crippen LogP contribution < -0.4 is 0 Å². The Morgan fingerprint density at radius 1 is 0.350 bits per heavy atom. The largest absolute Gasteiger partial charge is 0.462 e. The predicted molar refractivity (Wildman–Crippen MR) is 256 cm³/mol. The van der Waals surface area contributed by atoms with Gasteiger partial charge in [-0.15, -0.1) is 0 Å². The molecule has 0 aliphatic heterocycles. The molecule has 0 aliphatic carbocycles. The number of esters is 3. The molecule has 0 spiro atoms. The molecule has 0 aliphatic rings. The molecule has 6 heteroatoms. The molecule has 0 rings (SSSR count). The van der Waals surface area contributed by atoms with Gasteiger partial charge in [-0.05, 0) is 103 Å². The molecule has 1 atom stereocenters. The van der Waals surface area contributed by atoms with E-state index < -0.39 is 6.10 Å². The van der Waals surface area contributed by atoms with Crippen molar-refractivity contribution in [3.8, 4) is 0 Å². The molecule has 0 heterocycles. The molecule has 0 aromatic heterocycles. The molecule has 6 nitrogen and oxygen atoms in total. The molecule has 0 aromatic carbocycles. The molecule has 60 heavy (non-hydrogen) atoms. The van der Waals surface area contributed by atoms with Gasteiger partial charge in [-0.2, -0.15) is 0 Å². The van der Waals surface area contributed by atoms with E-state index in [1.807, 2.05) is 0 Å². The van der Waals surface area contributed by atoms with Gasteiger partial charge < -0.3 is 14.2 Å². The maximum Gasteiger partial charge on any atom is 0.306 e. The fourth-order valence-corrected chi connectivity index (χ4v) is 6.66. The Hall–Kier alpha value is -3.15. The quantitative estimate of drug-likeness (QED) is 0.0263. The average molecular weight is 837 g/mol. The van der Waals surface area contributed by atoms with Crippen LogP contribution in [0.1, 0.15) is 233 Å². The molecular weight excluding hydrogens is 745 g/mol. The maximum atomic E-state index is 12.7. The van der Waals surface area contributed by atoms with E-state index in [4.69, 9.17) is 14.2 Å². The average Bonchev–Trinajstić information content (AvgIpc) is 3.24. The number of unbranched alkanes of at least 4 members (excludes halogenated alkanes) is 21. The highest BCUT2D eigenvalue weighted by Gasteiger charge is 2.19. The number of ether oxygens (including phenoxy) is 3. The molecule has 0 saturated heterocycles. The molecule has 0 saturated carbocycles. The summed E-state index contributed by atoms with van der Waals surface area (Å²) in [6.45, 7) is 6.40. The molecular formula is C54H92O6. The van der Waals surface area contributed by atoms with Crippen molar-refractivity contribution < 1.29 is 28.6 Å². The second kappa shape index (κ2) is 48.5. The zero-order chi connectivity index (χ0) is 43.7. The van der Waals surface area contributed by atoms with E-state index in [1.165, 1.54) is 70.6 Å². The van der Waals surface area contributed by atoms with Gasteiger partial charge in [-0.25, -0.2) is 0 Å². The van der Waals surface area contributed by atoms with Crippen LogP contribution in [0.15, 0.2) is 72.9 Å². The van der Waals surface area contributed by atoms with E-state index in [0.717, 1.165) is 122 Å². The lowest BCUT2D eigenvalue weighted by Crippen LogP contribution is -2.30. The number of rotatable bonds is 44. The van der Waals surface area contributed by atoms with Gasteiger partial charge >= 0.3 is 17.9 Å². The summed E-state index contributed by atoms with van der Waals surface area (Å²) in [5.74, 6) is -0.950. The topological polar surface area (TPSA) is 78.9 Å². The first-order chi connectivity index (χ1) is 29.5. The number of hydrogen-bond acceptors (Lipinski definition) is 6. The third-order valence-corrected chi connectivity index (χ3v) is 10.4. The van der Waals surface area contributed by atoms with Gasteiger partial charge in [-0.1, -0.05) is 184 Å². The van der Waals surface area contributed by atoms with Crippen LogP contribution in [-0.2, 0) is 28.6 Å². The van der Waals surface area contributed by atoms with Gasteiger partial charge in [-0.3, -0.25) is 14.4 Å². The minimum Gasteiger partial charge on any atom is -0.462 e. The van der Waals surface area contributed by atoms with Crippen molar-refractivity contribution in [3.05, 3.63) is 72.9 Å². The number of hydrogen-bond donors (Lipinski definition) is 0. The van der Waals surface area contributed by atoms with Crippen molar-refractivity contribution >= 4 is 17.9 Å². The van der Waals surface area contributed by atoms with Crippen LogP contribution in [0.3, 0.4) is 0 Å². The lowest BCUT2D eigenvalue weighted by molar-refractivity contribution is -0.167. The Labute approximate surface area is 370 Å². The summed E-state index contributed by atoms with van der Waals surface area (Å²) >= 11 is 0. The molecule has 0 radical (unpaired) electrons. The Kier molecular flexibility index (Phi) is 46.0. The lowest BCUT2D eigenvalue weighted by Gasteiger charge is -2.18. The summed E-state index contributed by atoms with van der Waals surface area (Å²) in [4.78, 5) is 37.9. The van der Waals surface area contributed by atoms with Crippen molar-refractivity contribution in [1.29, 1.82) is 0 Å². The Bertz CT molecular complexity index is 1140. The van der Waals surface area contributed by atoms with Crippen molar-refractivity contribution in [2.24, 2.45) is 0 Å². The van der Waals surface area contributed by atoms with E-state index in [2.05, 4.69) is 93.7 Å². The highest BCUT2D eigenvalue weighted by molar-refractivity contribution is 5.71. The van der Waals surface area contributed by atoms with E-state index in [9.17, 15) is 14.4 Å². The minimum atomic E-state index is -0.798. The minimum absolute atomic E-state index is 0.0966. The summed E-state index contributed by atoms with van der Waals surface area (Å²) in [6.07, 6.45) is 60.3. The smallest absolute Gasteiger partial charge is 0.306 e. The van der Waals surface area contributed by atoms with Crippen LogP contribution in [0.4, 0.5) is 0 Å². The van der Waals surface area contributed by atoms with Crippen molar-refractivity contribution in [2.45, 2.75) is 239 Å². The van der Waals surface area contributed by atoms with Gasteiger partial charge in [0.15, 0.2) is 6.10 Å². The van der Waals surface area contributed by atoms with Crippen molar-refractivity contribution in [3.63, 3.8) is 0 Å². The maximum absolute atomic E-state index is 12.7. The molecule has 0 N–H and O–H groups in total. The van der Waals surface area contributed by atoms with Gasteiger partial charge in [0.1, 0.15) is 13.2 Å². The van der Waals surface area contributed by atoms with Gasteiger partial charge in [0.05, 0.1) is 0 Å². The normalized spacial score (nSPS) is 12.7. The second-order valence-electron chi connectivity index (χ2n) is 16.3. The summed E-state index contributed by atoms with van der Waals surface area (Å²) in [5, 5.41) is 0. The number of carbonyl (C=O) groups excluding carboxylic acids is 3. The molecule has 0 fully saturated rings. The summed E-state index contributed by atoms with van der Waals surface area (Å²) in [7, 11) is 0. The zero-order valence-corrected chi connectivity index (χ0v) is 39.2. The highest BCUT2D eigenvalue weighted by Crippen LogP contribution is 2.13. The summed E-state index contributed by atoms with van der Waals surface area (Å²) in [5.41, 5.74) is 0. The number of allylic oxidation sites excluding steroid dienone is 12. The Morgan fingerprint density at radius 2 is 0.683 bits per heavy atom. The fourth-order valence-electron chi connectivity index (χ4n) is 6.66. The monoisotopic (exact) mass is 837 g/mol. The van der Waals surface area contributed by atoms with E-state index in [-0.39, 0.29) is 37.5 Å². The van der Waals surface area contributed by atoms with E-state index in [0.29, 0.717) is 12.8 Å². The molecule has 1 unspecified atom stereocenters. The fraction of sp³-hybridized carbons (Fsp3) is 0.722. The van der Waals surface area contributed by atoms with Crippen LogP contribution >= 0.6 is 0 Å². The standard InChI is InChI=1S/C54H92O6/c1-4-7-10-13-16-19-22-25-26-27-30-32-35-38-41-44-47-53(56)59-50-51(60-54(57)48-45-42-39-36-33-29-24-21-18-15-12-9-6-3)49-58-52(55)46-43-40-37-34-31-28-23-20-17-14-11-8-5-2/h9,11-12,14,18,20-21,23,26-27,29,33,51H,4-8,10,13,15-17,19,22,24-25,28,30-32,34-50H2,1-3H3/b12-9-,14-11-,21-18-,23-20-,27-26-,33-29-. The van der Waals surface area contributed by atoms with Crippen LogP contribution in [0.25, 0.3) is 0 Å².